The molecule has 0 fully saturated rings. The van der Waals surface area contributed by atoms with Gasteiger partial charge in [0.2, 0.25) is 0 Å². The van der Waals surface area contributed by atoms with Gasteiger partial charge in [-0.1, -0.05) is 0 Å². The summed E-state index contributed by atoms with van der Waals surface area (Å²) in [6.07, 6.45) is 1.77. The smallest absolute Gasteiger partial charge is 0.311 e. The molecular formula is C14H16N4O3. The number of rotatable bonds is 2. The van der Waals surface area contributed by atoms with Crippen LogP contribution in [0.1, 0.15) is 11.3 Å². The van der Waals surface area contributed by atoms with Crippen molar-refractivity contribution < 1.29 is 9.66 Å². The third kappa shape index (κ3) is 2.15. The zero-order chi connectivity index (χ0) is 15.1. The van der Waals surface area contributed by atoms with Crippen LogP contribution in [0.2, 0.25) is 0 Å². The predicted molar refractivity (Wildman–Crippen MR) is 77.0 cm³/mol. The Labute approximate surface area is 121 Å². The number of hydrogen-bond acceptors (Lipinski definition) is 5. The fraction of sp³-hybridized carbons (Fsp3) is 0.357. The molecule has 1 aromatic carbocycles. The van der Waals surface area contributed by atoms with Gasteiger partial charge in [-0.15, -0.1) is 0 Å². The number of nitro groups is 1. The summed E-state index contributed by atoms with van der Waals surface area (Å²) in [6.45, 7) is 1.45. The van der Waals surface area contributed by atoms with E-state index in [0.717, 1.165) is 28.9 Å². The quantitative estimate of drug-likeness (QED) is 0.624. The van der Waals surface area contributed by atoms with Crippen LogP contribution in [-0.2, 0) is 20.1 Å². The Morgan fingerprint density at radius 3 is 2.71 bits per heavy atom. The summed E-state index contributed by atoms with van der Waals surface area (Å²) in [4.78, 5) is 13.0. The van der Waals surface area contributed by atoms with Crippen molar-refractivity contribution in [3.63, 3.8) is 0 Å². The molecule has 0 saturated carbocycles. The average molecular weight is 288 g/mol. The molecule has 0 atom stereocenters. The normalized spacial score (nSPS) is 14.2. The van der Waals surface area contributed by atoms with Crippen LogP contribution in [0.4, 0.5) is 5.69 Å². The topological polar surface area (TPSA) is 73.4 Å². The van der Waals surface area contributed by atoms with Gasteiger partial charge >= 0.3 is 5.69 Å². The molecule has 0 saturated heterocycles. The summed E-state index contributed by atoms with van der Waals surface area (Å²) in [5.41, 5.74) is 3.84. The SMILES string of the molecule is COc1cc2c(cc1[N+](=O)[O-])-c1cnn(C)c1CN(C)C2. The minimum absolute atomic E-state index is 0.0180. The lowest BCUT2D eigenvalue weighted by Gasteiger charge is -2.15. The molecule has 110 valence electrons. The molecule has 0 spiro atoms. The van der Waals surface area contributed by atoms with Crippen LogP contribution in [0.3, 0.4) is 0 Å². The number of fused-ring (bicyclic) bond motifs is 3. The Kier molecular flexibility index (Phi) is 3.13. The molecule has 2 aromatic rings. The number of ether oxygens (including phenoxy) is 1. The number of methoxy groups -OCH3 is 1. The molecule has 21 heavy (non-hydrogen) atoms. The summed E-state index contributed by atoms with van der Waals surface area (Å²) in [5.74, 6) is 0.291. The Bertz CT molecular complexity index is 723. The molecule has 0 bridgehead atoms. The molecule has 0 unspecified atom stereocenters. The highest BCUT2D eigenvalue weighted by molar-refractivity contribution is 5.74. The lowest BCUT2D eigenvalue weighted by atomic mass is 10.00. The fourth-order valence-corrected chi connectivity index (χ4v) is 2.78. The Balaban J connectivity index is 2.28. The van der Waals surface area contributed by atoms with Crippen LogP contribution in [-0.4, -0.2) is 33.8 Å². The first-order chi connectivity index (χ1) is 10.0. The van der Waals surface area contributed by atoms with E-state index in [0.29, 0.717) is 12.3 Å². The maximum Gasteiger partial charge on any atom is 0.311 e. The van der Waals surface area contributed by atoms with Crippen LogP contribution in [0.25, 0.3) is 11.1 Å². The standard InChI is InChI=1S/C14H16N4O3/c1-16-7-9-4-14(21-3)12(18(19)20)5-10(9)11-6-15-17(2)13(11)8-16/h4-6H,7-8H2,1-3H3. The summed E-state index contributed by atoms with van der Waals surface area (Å²) in [6, 6.07) is 3.35. The van der Waals surface area contributed by atoms with Gasteiger partial charge in [0.1, 0.15) is 0 Å². The molecule has 1 aliphatic heterocycles. The molecule has 7 nitrogen and oxygen atoms in total. The van der Waals surface area contributed by atoms with Gasteiger partial charge in [-0.25, -0.2) is 0 Å². The van der Waals surface area contributed by atoms with E-state index in [1.54, 1.807) is 18.3 Å². The maximum atomic E-state index is 11.2. The first kappa shape index (κ1) is 13.6. The largest absolute Gasteiger partial charge is 0.490 e. The van der Waals surface area contributed by atoms with E-state index in [1.807, 2.05) is 18.8 Å². The van der Waals surface area contributed by atoms with Crippen molar-refractivity contribution in [2.45, 2.75) is 13.1 Å². The molecular weight excluding hydrogens is 272 g/mol. The number of aromatic nitrogens is 2. The number of nitrogens with zero attached hydrogens (tertiary/aromatic N) is 4. The van der Waals surface area contributed by atoms with Gasteiger partial charge in [0.05, 0.1) is 23.9 Å². The lowest BCUT2D eigenvalue weighted by Crippen LogP contribution is -2.17. The van der Waals surface area contributed by atoms with Gasteiger partial charge in [0.15, 0.2) is 5.75 Å². The highest BCUT2D eigenvalue weighted by atomic mass is 16.6. The molecule has 2 heterocycles. The van der Waals surface area contributed by atoms with Gasteiger partial charge < -0.3 is 4.74 Å². The van der Waals surface area contributed by atoms with Gasteiger partial charge in [-0.3, -0.25) is 19.7 Å². The van der Waals surface area contributed by atoms with Crippen molar-refractivity contribution >= 4 is 5.69 Å². The van der Waals surface area contributed by atoms with Crippen LogP contribution in [0, 0.1) is 10.1 Å². The molecule has 7 heteroatoms. The number of aryl methyl sites for hydroxylation is 1. The Morgan fingerprint density at radius 2 is 2.05 bits per heavy atom. The second-order valence-electron chi connectivity index (χ2n) is 5.24. The van der Waals surface area contributed by atoms with Crippen LogP contribution < -0.4 is 4.74 Å². The first-order valence-electron chi connectivity index (χ1n) is 6.56. The lowest BCUT2D eigenvalue weighted by molar-refractivity contribution is -0.385. The molecule has 1 aliphatic rings. The third-order valence-corrected chi connectivity index (χ3v) is 3.81. The van der Waals surface area contributed by atoms with Crippen molar-refractivity contribution in [2.75, 3.05) is 14.2 Å². The Hall–Kier alpha value is -2.41. The van der Waals surface area contributed by atoms with E-state index in [-0.39, 0.29) is 5.69 Å². The van der Waals surface area contributed by atoms with Crippen molar-refractivity contribution in [2.24, 2.45) is 7.05 Å². The van der Waals surface area contributed by atoms with Crippen molar-refractivity contribution in [3.8, 4) is 16.9 Å². The minimum atomic E-state index is -0.413. The van der Waals surface area contributed by atoms with Crippen molar-refractivity contribution in [1.82, 2.24) is 14.7 Å². The monoisotopic (exact) mass is 288 g/mol. The highest BCUT2D eigenvalue weighted by Crippen LogP contribution is 2.39. The maximum absolute atomic E-state index is 11.2. The van der Waals surface area contributed by atoms with Crippen molar-refractivity contribution in [3.05, 3.63) is 39.7 Å². The van der Waals surface area contributed by atoms with Crippen LogP contribution >= 0.6 is 0 Å². The summed E-state index contributed by atoms with van der Waals surface area (Å²) in [7, 11) is 5.35. The van der Waals surface area contributed by atoms with E-state index in [9.17, 15) is 10.1 Å². The van der Waals surface area contributed by atoms with Crippen molar-refractivity contribution in [1.29, 1.82) is 0 Å². The zero-order valence-corrected chi connectivity index (χ0v) is 12.2. The summed E-state index contributed by atoms with van der Waals surface area (Å²) < 4.78 is 6.98. The number of benzene rings is 1. The molecule has 3 rings (SSSR count). The van der Waals surface area contributed by atoms with E-state index in [1.165, 1.54) is 7.11 Å². The molecule has 0 N–H and O–H groups in total. The highest BCUT2D eigenvalue weighted by Gasteiger charge is 2.25. The predicted octanol–water partition coefficient (Wildman–Crippen LogP) is 1.95. The number of hydrogen-bond donors (Lipinski definition) is 0. The van der Waals surface area contributed by atoms with E-state index in [4.69, 9.17) is 4.74 Å². The minimum Gasteiger partial charge on any atom is -0.490 e. The number of nitro benzene ring substituents is 1. The molecule has 0 radical (unpaired) electrons. The molecule has 0 aliphatic carbocycles. The van der Waals surface area contributed by atoms with Crippen LogP contribution in [0.5, 0.6) is 5.75 Å². The van der Waals surface area contributed by atoms with Gasteiger partial charge in [-0.05, 0) is 24.2 Å². The summed E-state index contributed by atoms with van der Waals surface area (Å²) in [5, 5.41) is 15.5. The van der Waals surface area contributed by atoms with E-state index < -0.39 is 4.92 Å². The second kappa shape index (κ2) is 4.85. The average Bonchev–Trinajstić information content (AvgIpc) is 2.72. The van der Waals surface area contributed by atoms with E-state index in [2.05, 4.69) is 10.00 Å². The third-order valence-electron chi connectivity index (χ3n) is 3.81. The summed E-state index contributed by atoms with van der Waals surface area (Å²) >= 11 is 0. The first-order valence-corrected chi connectivity index (χ1v) is 6.56. The fourth-order valence-electron chi connectivity index (χ4n) is 2.78. The van der Waals surface area contributed by atoms with Crippen LogP contribution in [0.15, 0.2) is 18.3 Å². The van der Waals surface area contributed by atoms with Gasteiger partial charge in [0, 0.05) is 31.8 Å². The Morgan fingerprint density at radius 1 is 1.29 bits per heavy atom. The zero-order valence-electron chi connectivity index (χ0n) is 12.2. The van der Waals surface area contributed by atoms with E-state index >= 15 is 0 Å². The molecule has 1 aromatic heterocycles. The van der Waals surface area contributed by atoms with Gasteiger partial charge in [0.25, 0.3) is 0 Å². The second-order valence-corrected chi connectivity index (χ2v) is 5.24. The molecule has 0 amide bonds. The van der Waals surface area contributed by atoms with Gasteiger partial charge in [-0.2, -0.15) is 5.10 Å².